The number of hydrogen-bond donors (Lipinski definition) is 6. The standard InChI is InChI=1S/C14H20N4O4S/c15-6-12(20)17-11(7-23)14(22)18-10(13(16)21)5-8-1-3-9(19)4-2-8/h1-4,10-11,19,23H,5-7,15H2,(H2,16,21)(H,17,20)(H,18,22)/t10-,11-/m0/s1. The van der Waals surface area contributed by atoms with E-state index in [-0.39, 0.29) is 24.5 Å². The summed E-state index contributed by atoms with van der Waals surface area (Å²) in [6.45, 7) is -0.260. The van der Waals surface area contributed by atoms with Gasteiger partial charge in [-0.05, 0) is 17.7 Å². The number of primary amides is 1. The molecule has 0 bridgehead atoms. The van der Waals surface area contributed by atoms with E-state index in [0.717, 1.165) is 0 Å². The molecule has 1 aromatic rings. The fourth-order valence-electron chi connectivity index (χ4n) is 1.81. The Balaban J connectivity index is 2.74. The molecule has 7 N–H and O–H groups in total. The van der Waals surface area contributed by atoms with E-state index in [1.165, 1.54) is 12.1 Å². The van der Waals surface area contributed by atoms with Crippen molar-refractivity contribution in [3.63, 3.8) is 0 Å². The third-order valence-electron chi connectivity index (χ3n) is 3.06. The van der Waals surface area contributed by atoms with Crippen LogP contribution in [0.2, 0.25) is 0 Å². The molecule has 0 aliphatic rings. The van der Waals surface area contributed by atoms with Gasteiger partial charge in [-0.3, -0.25) is 14.4 Å². The average molecular weight is 340 g/mol. The first kappa shape index (κ1) is 18.8. The lowest BCUT2D eigenvalue weighted by molar-refractivity contribution is -0.130. The Kier molecular flexibility index (Phi) is 7.36. The third kappa shape index (κ3) is 6.17. The van der Waals surface area contributed by atoms with Crippen molar-refractivity contribution in [2.24, 2.45) is 11.5 Å². The van der Waals surface area contributed by atoms with E-state index in [0.29, 0.717) is 5.56 Å². The number of aromatic hydroxyl groups is 1. The van der Waals surface area contributed by atoms with Crippen LogP contribution in [0.15, 0.2) is 24.3 Å². The predicted molar refractivity (Wildman–Crippen MR) is 87.8 cm³/mol. The lowest BCUT2D eigenvalue weighted by atomic mass is 10.0. The lowest BCUT2D eigenvalue weighted by Crippen LogP contribution is -2.55. The Hall–Kier alpha value is -2.26. The molecule has 8 nitrogen and oxygen atoms in total. The molecule has 1 rings (SSSR count). The van der Waals surface area contributed by atoms with Gasteiger partial charge in [0.2, 0.25) is 17.7 Å². The molecule has 0 heterocycles. The van der Waals surface area contributed by atoms with Crippen molar-refractivity contribution >= 4 is 30.4 Å². The molecule has 0 saturated carbocycles. The smallest absolute Gasteiger partial charge is 0.244 e. The first-order valence-corrected chi connectivity index (χ1v) is 7.48. The number of benzene rings is 1. The molecule has 0 radical (unpaired) electrons. The molecule has 0 aliphatic carbocycles. The molecule has 0 fully saturated rings. The van der Waals surface area contributed by atoms with Crippen LogP contribution in [0, 0.1) is 0 Å². The molecule has 0 saturated heterocycles. The highest BCUT2D eigenvalue weighted by Gasteiger charge is 2.24. The van der Waals surface area contributed by atoms with Crippen molar-refractivity contribution in [3.8, 4) is 5.75 Å². The Morgan fingerprint density at radius 3 is 2.22 bits per heavy atom. The number of nitrogens with one attached hydrogen (secondary N) is 2. The summed E-state index contributed by atoms with van der Waals surface area (Å²) < 4.78 is 0. The molecule has 23 heavy (non-hydrogen) atoms. The molecule has 0 aromatic heterocycles. The summed E-state index contributed by atoms with van der Waals surface area (Å²) in [7, 11) is 0. The SMILES string of the molecule is NCC(=O)N[C@@H](CS)C(=O)N[C@@H](Cc1ccc(O)cc1)C(N)=O. The second-order valence-corrected chi connectivity index (χ2v) is 5.21. The fourth-order valence-corrected chi connectivity index (χ4v) is 2.07. The number of nitrogens with two attached hydrogens (primary N) is 2. The molecule has 0 spiro atoms. The highest BCUT2D eigenvalue weighted by molar-refractivity contribution is 7.80. The van der Waals surface area contributed by atoms with Crippen LogP contribution in [0.5, 0.6) is 5.75 Å². The summed E-state index contributed by atoms with van der Waals surface area (Å²) in [6, 6.07) is 4.29. The van der Waals surface area contributed by atoms with E-state index < -0.39 is 29.8 Å². The maximum Gasteiger partial charge on any atom is 0.244 e. The van der Waals surface area contributed by atoms with E-state index in [1.807, 2.05) is 0 Å². The Morgan fingerprint density at radius 2 is 1.74 bits per heavy atom. The first-order valence-electron chi connectivity index (χ1n) is 6.85. The number of carbonyl (C=O) groups excluding carboxylic acids is 3. The number of amides is 3. The summed E-state index contributed by atoms with van der Waals surface area (Å²) in [5, 5.41) is 14.1. The van der Waals surface area contributed by atoms with Crippen LogP contribution in [-0.4, -0.2) is 47.2 Å². The molecule has 126 valence electrons. The maximum atomic E-state index is 12.1. The number of hydrogen-bond acceptors (Lipinski definition) is 6. The van der Waals surface area contributed by atoms with Crippen LogP contribution in [0.4, 0.5) is 0 Å². The highest BCUT2D eigenvalue weighted by Crippen LogP contribution is 2.11. The lowest BCUT2D eigenvalue weighted by Gasteiger charge is -2.20. The summed E-state index contributed by atoms with van der Waals surface area (Å²) >= 11 is 3.99. The van der Waals surface area contributed by atoms with E-state index in [2.05, 4.69) is 23.3 Å². The second kappa shape index (κ2) is 9.01. The summed E-state index contributed by atoms with van der Waals surface area (Å²) in [5.74, 6) is -1.66. The zero-order valence-corrected chi connectivity index (χ0v) is 13.3. The van der Waals surface area contributed by atoms with Gasteiger partial charge in [-0.1, -0.05) is 12.1 Å². The Morgan fingerprint density at radius 1 is 1.13 bits per heavy atom. The van der Waals surface area contributed by atoms with Crippen LogP contribution in [0.1, 0.15) is 5.56 Å². The Labute approximate surface area is 139 Å². The summed E-state index contributed by atoms with van der Waals surface area (Å²) in [5.41, 5.74) is 11.2. The predicted octanol–water partition coefficient (Wildman–Crippen LogP) is -1.72. The number of rotatable bonds is 8. The van der Waals surface area contributed by atoms with E-state index in [1.54, 1.807) is 12.1 Å². The molecule has 3 amide bonds. The second-order valence-electron chi connectivity index (χ2n) is 4.84. The largest absolute Gasteiger partial charge is 0.508 e. The molecule has 9 heteroatoms. The van der Waals surface area contributed by atoms with Crippen molar-refractivity contribution in [2.75, 3.05) is 12.3 Å². The Bertz CT molecular complexity index is 564. The molecular formula is C14H20N4O4S. The van der Waals surface area contributed by atoms with Crippen molar-refractivity contribution in [2.45, 2.75) is 18.5 Å². The van der Waals surface area contributed by atoms with Gasteiger partial charge in [-0.25, -0.2) is 0 Å². The average Bonchev–Trinajstić information content (AvgIpc) is 2.53. The van der Waals surface area contributed by atoms with Crippen LogP contribution in [-0.2, 0) is 20.8 Å². The number of thiol groups is 1. The summed E-state index contributed by atoms with van der Waals surface area (Å²) in [6.07, 6.45) is 0.158. The van der Waals surface area contributed by atoms with Gasteiger partial charge in [0.15, 0.2) is 0 Å². The number of phenols is 1. The zero-order chi connectivity index (χ0) is 17.4. The quantitative estimate of drug-likeness (QED) is 0.311. The third-order valence-corrected chi connectivity index (χ3v) is 3.42. The molecule has 0 unspecified atom stereocenters. The van der Waals surface area contributed by atoms with Crippen LogP contribution >= 0.6 is 12.6 Å². The minimum absolute atomic E-state index is 0.0439. The first-order chi connectivity index (χ1) is 10.9. The van der Waals surface area contributed by atoms with Gasteiger partial charge in [-0.2, -0.15) is 12.6 Å². The highest BCUT2D eigenvalue weighted by atomic mass is 32.1. The zero-order valence-electron chi connectivity index (χ0n) is 12.4. The maximum absolute atomic E-state index is 12.1. The molecule has 1 aromatic carbocycles. The van der Waals surface area contributed by atoms with Crippen molar-refractivity contribution in [3.05, 3.63) is 29.8 Å². The van der Waals surface area contributed by atoms with Gasteiger partial charge in [0.25, 0.3) is 0 Å². The van der Waals surface area contributed by atoms with Gasteiger partial charge in [-0.15, -0.1) is 0 Å². The van der Waals surface area contributed by atoms with Crippen molar-refractivity contribution in [1.82, 2.24) is 10.6 Å². The normalized spacial score (nSPS) is 13.0. The van der Waals surface area contributed by atoms with Crippen molar-refractivity contribution < 1.29 is 19.5 Å². The van der Waals surface area contributed by atoms with Gasteiger partial charge < -0.3 is 27.2 Å². The molecular weight excluding hydrogens is 320 g/mol. The van der Waals surface area contributed by atoms with E-state index in [9.17, 15) is 19.5 Å². The number of phenolic OH excluding ortho intramolecular Hbond substituents is 1. The van der Waals surface area contributed by atoms with Crippen LogP contribution in [0.25, 0.3) is 0 Å². The molecule has 2 atom stereocenters. The minimum Gasteiger partial charge on any atom is -0.508 e. The van der Waals surface area contributed by atoms with Gasteiger partial charge in [0, 0.05) is 12.2 Å². The topological polar surface area (TPSA) is 148 Å². The van der Waals surface area contributed by atoms with E-state index >= 15 is 0 Å². The monoisotopic (exact) mass is 340 g/mol. The fraction of sp³-hybridized carbons (Fsp3) is 0.357. The number of carbonyl (C=O) groups is 3. The minimum atomic E-state index is -0.954. The van der Waals surface area contributed by atoms with Crippen LogP contribution < -0.4 is 22.1 Å². The van der Waals surface area contributed by atoms with Crippen LogP contribution in [0.3, 0.4) is 0 Å². The van der Waals surface area contributed by atoms with Crippen molar-refractivity contribution in [1.29, 1.82) is 0 Å². The summed E-state index contributed by atoms with van der Waals surface area (Å²) in [4.78, 5) is 34.9. The van der Waals surface area contributed by atoms with Gasteiger partial charge in [0.1, 0.15) is 17.8 Å². The van der Waals surface area contributed by atoms with Gasteiger partial charge >= 0.3 is 0 Å². The van der Waals surface area contributed by atoms with Gasteiger partial charge in [0.05, 0.1) is 6.54 Å². The van der Waals surface area contributed by atoms with E-state index in [4.69, 9.17) is 11.5 Å². The molecule has 0 aliphatic heterocycles.